The number of hydrogen-bond donors (Lipinski definition) is 3. The van der Waals surface area contributed by atoms with Crippen molar-refractivity contribution in [2.75, 3.05) is 0 Å². The molecule has 0 saturated carbocycles. The summed E-state index contributed by atoms with van der Waals surface area (Å²) in [5, 5.41) is 0. The number of rotatable bonds is 0. The Labute approximate surface area is 175 Å². The van der Waals surface area contributed by atoms with Gasteiger partial charge in [0.05, 0.1) is 0 Å². The van der Waals surface area contributed by atoms with Gasteiger partial charge >= 0.3 is 71.9 Å². The summed E-state index contributed by atoms with van der Waals surface area (Å²) >= 11 is 0. The fourth-order valence-corrected chi connectivity index (χ4v) is 33.6. The van der Waals surface area contributed by atoms with E-state index < -0.39 is 71.9 Å². The lowest BCUT2D eigenvalue weighted by Crippen LogP contribution is -2.69. The van der Waals surface area contributed by atoms with Gasteiger partial charge in [0.15, 0.2) is 0 Å². The molecular formula is C8H30O12Si8. The highest BCUT2D eigenvalue weighted by atomic mass is 28.6. The first kappa shape index (κ1) is 25.5. The summed E-state index contributed by atoms with van der Waals surface area (Å²) in [5.74, 6) is 0. The molecule has 0 amide bonds. The highest BCUT2D eigenvalue weighted by Gasteiger charge is 2.59. The van der Waals surface area contributed by atoms with Crippen LogP contribution in [0, 0.1) is 0 Å². The van der Waals surface area contributed by atoms with E-state index in [2.05, 4.69) is 0 Å². The Morgan fingerprint density at radius 1 is 0.500 bits per heavy atom. The van der Waals surface area contributed by atoms with E-state index in [9.17, 15) is 14.4 Å². The van der Waals surface area contributed by atoms with Gasteiger partial charge in [-0.1, -0.05) is 0 Å². The fraction of sp³-hybridized carbons (Fsp3) is 1.00. The van der Waals surface area contributed by atoms with Crippen molar-refractivity contribution in [3.05, 3.63) is 0 Å². The lowest BCUT2D eigenvalue weighted by atomic mass is 11.9. The molecule has 2 bridgehead atoms. The van der Waals surface area contributed by atoms with Gasteiger partial charge in [0.2, 0.25) is 0 Å². The first-order valence-electron chi connectivity index (χ1n) is 8.77. The lowest BCUT2D eigenvalue weighted by molar-refractivity contribution is 0.0960. The summed E-state index contributed by atoms with van der Waals surface area (Å²) in [6.45, 7) is 12.5. The van der Waals surface area contributed by atoms with Crippen LogP contribution < -0.4 is 0 Å². The van der Waals surface area contributed by atoms with Crippen molar-refractivity contribution in [2.45, 2.75) is 52.4 Å². The molecule has 0 aliphatic carbocycles. The van der Waals surface area contributed by atoms with Gasteiger partial charge in [0.1, 0.15) is 0 Å². The summed E-state index contributed by atoms with van der Waals surface area (Å²) in [7, 11) is -25.5. The van der Waals surface area contributed by atoms with Gasteiger partial charge in [-0.3, -0.25) is 0 Å². The van der Waals surface area contributed by atoms with E-state index in [4.69, 9.17) is 37.0 Å². The molecule has 20 heteroatoms. The van der Waals surface area contributed by atoms with Crippen molar-refractivity contribution in [3.8, 4) is 0 Å². The van der Waals surface area contributed by atoms with Crippen LogP contribution in [0.1, 0.15) is 0 Å². The maximum absolute atomic E-state index is 10.8. The van der Waals surface area contributed by atoms with Crippen LogP contribution in [0.3, 0.4) is 0 Å². The minimum Gasteiger partial charge on any atom is -0.420 e. The normalized spacial score (nSPS) is 54.8. The minimum atomic E-state index is -4.00. The van der Waals surface area contributed by atoms with Gasteiger partial charge in [-0.25, -0.2) is 0 Å². The summed E-state index contributed by atoms with van der Waals surface area (Å²) in [6, 6.07) is 0. The van der Waals surface area contributed by atoms with Gasteiger partial charge in [-0.05, 0) is 19.6 Å². The molecule has 12 nitrogen and oxygen atoms in total. The van der Waals surface area contributed by atoms with Gasteiger partial charge in [-0.15, -0.1) is 0 Å². The van der Waals surface area contributed by atoms with Crippen LogP contribution in [0.4, 0.5) is 0 Å². The third-order valence-electron chi connectivity index (χ3n) is 3.41. The monoisotopic (exact) mass is 542 g/mol. The zero-order valence-corrected chi connectivity index (χ0v) is 25.7. The average molecular weight is 543 g/mol. The Morgan fingerprint density at radius 3 is 1.50 bits per heavy atom. The van der Waals surface area contributed by atoms with Gasteiger partial charge in [0, 0.05) is 32.7 Å². The van der Waals surface area contributed by atoms with Crippen molar-refractivity contribution in [3.63, 3.8) is 0 Å². The molecule has 2 heterocycles. The topological polar surface area (TPSA) is 144 Å². The highest BCUT2D eigenvalue weighted by Crippen LogP contribution is 2.29. The van der Waals surface area contributed by atoms with Crippen molar-refractivity contribution in [2.24, 2.45) is 0 Å². The van der Waals surface area contributed by atoms with Crippen LogP contribution in [-0.2, 0) is 37.0 Å². The van der Waals surface area contributed by atoms with Gasteiger partial charge in [-0.2, -0.15) is 0 Å². The van der Waals surface area contributed by atoms with E-state index in [0.717, 1.165) is 0 Å². The second kappa shape index (κ2) is 8.65. The summed E-state index contributed by atoms with van der Waals surface area (Å²) in [4.78, 5) is 31.8. The van der Waals surface area contributed by atoms with E-state index in [0.29, 0.717) is 0 Å². The van der Waals surface area contributed by atoms with Crippen LogP contribution in [-0.4, -0.2) is 86.3 Å². The van der Waals surface area contributed by atoms with Crippen molar-refractivity contribution < 1.29 is 51.4 Å². The third-order valence-corrected chi connectivity index (χ3v) is 30.7. The molecular weight excluding hydrogens is 513 g/mol. The van der Waals surface area contributed by atoms with Crippen LogP contribution in [0.2, 0.25) is 52.4 Å². The molecule has 0 aromatic carbocycles. The molecule has 8 atom stereocenters. The first-order valence-corrected chi connectivity index (χ1v) is 26.3. The van der Waals surface area contributed by atoms with E-state index in [1.807, 2.05) is 13.1 Å². The molecule has 2 fully saturated rings. The number of hydrogen-bond acceptors (Lipinski definition) is 12. The summed E-state index contributed by atoms with van der Waals surface area (Å²) in [6.07, 6.45) is 0. The Hall–Kier alpha value is 1.26. The quantitative estimate of drug-likeness (QED) is 0.307. The summed E-state index contributed by atoms with van der Waals surface area (Å²) in [5.41, 5.74) is 0. The SMILES string of the molecule is C[SiH]1O[SiH](C)O[Si]2(C)O[Si](C)(O)O[Si](C)(O)O[Si](C)(O)O[SiH](C)O[Si](C)(O1)O2. The molecule has 0 aromatic rings. The van der Waals surface area contributed by atoms with Crippen LogP contribution >= 0.6 is 0 Å². The van der Waals surface area contributed by atoms with Gasteiger partial charge in [0.25, 0.3) is 0 Å². The largest absolute Gasteiger partial charge is 0.480 e. The maximum atomic E-state index is 10.8. The van der Waals surface area contributed by atoms with E-state index >= 15 is 0 Å². The molecule has 0 spiro atoms. The molecule has 0 radical (unpaired) electrons. The van der Waals surface area contributed by atoms with Crippen molar-refractivity contribution >= 4 is 71.9 Å². The molecule has 166 valence electrons. The van der Waals surface area contributed by atoms with E-state index in [1.165, 1.54) is 19.6 Å². The second-order valence-electron chi connectivity index (χ2n) is 7.14. The zero-order valence-electron chi connectivity index (χ0n) is 17.2. The lowest BCUT2D eigenvalue weighted by Gasteiger charge is -2.44. The number of fused-ring (bicyclic) bond motifs is 2. The second-order valence-corrected chi connectivity index (χ2v) is 27.5. The molecule has 3 N–H and O–H groups in total. The Kier molecular flexibility index (Phi) is 7.88. The summed E-state index contributed by atoms with van der Waals surface area (Å²) < 4.78 is 52.5. The molecule has 0 aromatic heterocycles. The smallest absolute Gasteiger partial charge is 0.420 e. The van der Waals surface area contributed by atoms with Crippen molar-refractivity contribution in [1.82, 2.24) is 0 Å². The first-order chi connectivity index (χ1) is 12.4. The van der Waals surface area contributed by atoms with Crippen LogP contribution in [0.25, 0.3) is 0 Å². The molecule has 2 aliphatic rings. The predicted molar refractivity (Wildman–Crippen MR) is 114 cm³/mol. The maximum Gasteiger partial charge on any atom is 0.480 e. The molecule has 2 aliphatic heterocycles. The Balaban J connectivity index is 2.44. The van der Waals surface area contributed by atoms with E-state index in [1.54, 1.807) is 19.6 Å². The van der Waals surface area contributed by atoms with Crippen LogP contribution in [0.5, 0.6) is 0 Å². The average Bonchev–Trinajstić information content (AvgIpc) is 2.26. The highest BCUT2D eigenvalue weighted by molar-refractivity contribution is 6.89. The zero-order chi connectivity index (χ0) is 21.6. The van der Waals surface area contributed by atoms with Crippen LogP contribution in [0.15, 0.2) is 0 Å². The minimum absolute atomic E-state index is 1.26. The van der Waals surface area contributed by atoms with Gasteiger partial charge < -0.3 is 51.4 Å². The fourth-order valence-electron chi connectivity index (χ4n) is 3.16. The molecule has 8 unspecified atom stereocenters. The standard InChI is InChI=1S/C8H30O12Si8/c1-21-12-22(2)15-28(8)19-26(6,11)18-25(5,10)17-24(4,9)13-23(3)16-27(7,14-21)20-28/h9-11,21-23H,1-8H3. The Bertz CT molecular complexity index is 568. The molecule has 2 saturated heterocycles. The predicted octanol–water partition coefficient (Wildman–Crippen LogP) is -1.47. The molecule has 2 rings (SSSR count). The third kappa shape index (κ3) is 7.74. The molecule has 28 heavy (non-hydrogen) atoms. The Morgan fingerprint density at radius 2 is 0.929 bits per heavy atom. The van der Waals surface area contributed by atoms with E-state index in [-0.39, 0.29) is 0 Å². The van der Waals surface area contributed by atoms with Crippen molar-refractivity contribution in [1.29, 1.82) is 0 Å².